The molecule has 6 heteroatoms. The van der Waals surface area contributed by atoms with Gasteiger partial charge in [0.1, 0.15) is 0 Å². The first-order valence-corrected chi connectivity index (χ1v) is 9.30. The molecule has 0 saturated heterocycles. The number of hydrogen-bond donors (Lipinski definition) is 2. The largest absolute Gasteiger partial charge is 0.332 e. The predicted octanol–water partition coefficient (Wildman–Crippen LogP) is 4.94. The van der Waals surface area contributed by atoms with Gasteiger partial charge in [0.05, 0.1) is 21.3 Å². The van der Waals surface area contributed by atoms with E-state index in [2.05, 4.69) is 26.6 Å². The third-order valence-corrected chi connectivity index (χ3v) is 5.35. The molecule has 0 amide bonds. The molecule has 0 fully saturated rings. The van der Waals surface area contributed by atoms with Crippen LogP contribution in [0.4, 0.5) is 10.8 Å². The quantitative estimate of drug-likeness (QED) is 0.472. The molecule has 0 spiro atoms. The third-order valence-electron chi connectivity index (χ3n) is 4.40. The van der Waals surface area contributed by atoms with E-state index in [1.54, 1.807) is 11.3 Å². The summed E-state index contributed by atoms with van der Waals surface area (Å²) in [6, 6.07) is 23.5. The van der Waals surface area contributed by atoms with Crippen molar-refractivity contribution in [3.05, 3.63) is 83.2 Å². The lowest BCUT2D eigenvalue weighted by atomic mass is 10.0. The van der Waals surface area contributed by atoms with Gasteiger partial charge in [0.15, 0.2) is 5.13 Å². The molecule has 5 aromatic rings. The molecule has 0 atom stereocenters. The topological polar surface area (TPSA) is 70.7 Å². The standard InChI is InChI=1S/C21H14N4OS/c26-20-16-6-2-1-5-15(16)19(24-25-20)13-9-11-14(12-10-13)22-21-23-17-7-3-4-8-18(17)27-21/h1-12H,(H,22,23)(H,25,26). The van der Waals surface area contributed by atoms with Crippen molar-refractivity contribution >= 4 is 43.1 Å². The van der Waals surface area contributed by atoms with Crippen LogP contribution in [0.2, 0.25) is 0 Å². The summed E-state index contributed by atoms with van der Waals surface area (Å²) in [7, 11) is 0. The van der Waals surface area contributed by atoms with Gasteiger partial charge in [-0.3, -0.25) is 4.79 Å². The SMILES string of the molecule is O=c1[nH]nc(-c2ccc(Nc3nc4ccccc4s3)cc2)c2ccccc12. The fraction of sp³-hybridized carbons (Fsp3) is 0. The zero-order valence-electron chi connectivity index (χ0n) is 14.1. The Morgan fingerprint density at radius 2 is 1.59 bits per heavy atom. The highest BCUT2D eigenvalue weighted by atomic mass is 32.1. The van der Waals surface area contributed by atoms with Crippen molar-refractivity contribution < 1.29 is 0 Å². The number of aromatic nitrogens is 3. The van der Waals surface area contributed by atoms with Gasteiger partial charge in [0.2, 0.25) is 0 Å². The van der Waals surface area contributed by atoms with Crippen LogP contribution in [0.1, 0.15) is 0 Å². The minimum atomic E-state index is -0.177. The monoisotopic (exact) mass is 370 g/mol. The zero-order valence-corrected chi connectivity index (χ0v) is 15.0. The number of benzene rings is 3. The smallest absolute Gasteiger partial charge is 0.272 e. The van der Waals surface area contributed by atoms with E-state index in [0.29, 0.717) is 5.39 Å². The van der Waals surface area contributed by atoms with Crippen LogP contribution in [0, 0.1) is 0 Å². The maximum atomic E-state index is 12.0. The van der Waals surface area contributed by atoms with Crippen molar-refractivity contribution in [2.24, 2.45) is 0 Å². The number of H-pyrrole nitrogens is 1. The molecule has 0 bridgehead atoms. The van der Waals surface area contributed by atoms with Crippen molar-refractivity contribution in [2.75, 3.05) is 5.32 Å². The number of nitrogens with zero attached hydrogens (tertiary/aromatic N) is 2. The summed E-state index contributed by atoms with van der Waals surface area (Å²) < 4.78 is 1.15. The Hall–Kier alpha value is -3.51. The maximum absolute atomic E-state index is 12.0. The summed E-state index contributed by atoms with van der Waals surface area (Å²) in [4.78, 5) is 16.6. The van der Waals surface area contributed by atoms with Crippen LogP contribution < -0.4 is 10.9 Å². The third kappa shape index (κ3) is 2.86. The highest BCUT2D eigenvalue weighted by Gasteiger charge is 2.09. The summed E-state index contributed by atoms with van der Waals surface area (Å²) >= 11 is 1.62. The van der Waals surface area contributed by atoms with Crippen LogP contribution in [0.3, 0.4) is 0 Å². The Bertz CT molecular complexity index is 1290. The van der Waals surface area contributed by atoms with Gasteiger partial charge in [-0.15, -0.1) is 0 Å². The van der Waals surface area contributed by atoms with Gasteiger partial charge in [-0.2, -0.15) is 5.10 Å². The van der Waals surface area contributed by atoms with Crippen molar-refractivity contribution in [1.29, 1.82) is 0 Å². The number of nitrogens with one attached hydrogen (secondary N) is 2. The van der Waals surface area contributed by atoms with Gasteiger partial charge in [-0.25, -0.2) is 10.1 Å². The molecule has 0 radical (unpaired) electrons. The summed E-state index contributed by atoms with van der Waals surface area (Å²) in [6.07, 6.45) is 0. The summed E-state index contributed by atoms with van der Waals surface area (Å²) in [5.41, 5.74) is 3.47. The van der Waals surface area contributed by atoms with Crippen LogP contribution in [-0.4, -0.2) is 15.2 Å². The maximum Gasteiger partial charge on any atom is 0.272 e. The van der Waals surface area contributed by atoms with E-state index >= 15 is 0 Å². The fourth-order valence-electron chi connectivity index (χ4n) is 3.10. The molecular weight excluding hydrogens is 356 g/mol. The van der Waals surface area contributed by atoms with Gasteiger partial charge in [-0.05, 0) is 30.3 Å². The van der Waals surface area contributed by atoms with Gasteiger partial charge in [0.25, 0.3) is 5.56 Å². The van der Waals surface area contributed by atoms with E-state index in [4.69, 9.17) is 0 Å². The van der Waals surface area contributed by atoms with Crippen molar-refractivity contribution in [3.8, 4) is 11.3 Å². The average Bonchev–Trinajstić information content (AvgIpc) is 3.12. The molecule has 5 nitrogen and oxygen atoms in total. The van der Waals surface area contributed by atoms with Gasteiger partial charge in [-0.1, -0.05) is 53.8 Å². The lowest BCUT2D eigenvalue weighted by molar-refractivity contribution is 1.02. The molecule has 5 rings (SSSR count). The molecule has 0 saturated carbocycles. The molecule has 130 valence electrons. The number of para-hydroxylation sites is 1. The average molecular weight is 370 g/mol. The fourth-order valence-corrected chi connectivity index (χ4v) is 3.98. The second-order valence-corrected chi connectivity index (χ2v) is 7.17. The number of fused-ring (bicyclic) bond motifs is 2. The lowest BCUT2D eigenvalue weighted by Gasteiger charge is -2.07. The summed E-state index contributed by atoms with van der Waals surface area (Å²) in [5, 5.41) is 12.5. The van der Waals surface area contributed by atoms with Crippen molar-refractivity contribution in [2.45, 2.75) is 0 Å². The normalized spacial score (nSPS) is 11.1. The summed E-state index contributed by atoms with van der Waals surface area (Å²) in [5.74, 6) is 0. The second kappa shape index (κ2) is 6.34. The Kier molecular flexibility index (Phi) is 3.69. The van der Waals surface area contributed by atoms with Crippen LogP contribution in [0.25, 0.3) is 32.2 Å². The zero-order chi connectivity index (χ0) is 18.2. The molecule has 0 aliphatic carbocycles. The molecule has 0 aliphatic rings. The van der Waals surface area contributed by atoms with E-state index < -0.39 is 0 Å². The second-order valence-electron chi connectivity index (χ2n) is 6.14. The molecule has 2 heterocycles. The van der Waals surface area contributed by atoms with E-state index in [-0.39, 0.29) is 5.56 Å². The predicted molar refractivity (Wildman–Crippen MR) is 111 cm³/mol. The Labute approximate surface area is 158 Å². The number of aromatic amines is 1. The number of thiazole rings is 1. The minimum Gasteiger partial charge on any atom is -0.332 e. The van der Waals surface area contributed by atoms with E-state index in [0.717, 1.165) is 37.7 Å². The van der Waals surface area contributed by atoms with Crippen molar-refractivity contribution in [3.63, 3.8) is 0 Å². The van der Waals surface area contributed by atoms with Gasteiger partial charge >= 0.3 is 0 Å². The van der Waals surface area contributed by atoms with Crippen LogP contribution >= 0.6 is 11.3 Å². The highest BCUT2D eigenvalue weighted by Crippen LogP contribution is 2.30. The molecule has 0 aliphatic heterocycles. The Morgan fingerprint density at radius 3 is 2.41 bits per heavy atom. The van der Waals surface area contributed by atoms with E-state index in [1.807, 2.05) is 66.7 Å². The van der Waals surface area contributed by atoms with Crippen LogP contribution in [-0.2, 0) is 0 Å². The summed E-state index contributed by atoms with van der Waals surface area (Å²) in [6.45, 7) is 0. The number of anilines is 2. The number of rotatable bonds is 3. The van der Waals surface area contributed by atoms with Crippen molar-refractivity contribution in [1.82, 2.24) is 15.2 Å². The lowest BCUT2D eigenvalue weighted by Crippen LogP contribution is -2.09. The first-order valence-electron chi connectivity index (χ1n) is 8.48. The van der Waals surface area contributed by atoms with E-state index in [1.165, 1.54) is 0 Å². The molecular formula is C21H14N4OS. The Morgan fingerprint density at radius 1 is 0.852 bits per heavy atom. The molecule has 2 N–H and O–H groups in total. The molecule has 27 heavy (non-hydrogen) atoms. The highest BCUT2D eigenvalue weighted by molar-refractivity contribution is 7.22. The van der Waals surface area contributed by atoms with E-state index in [9.17, 15) is 4.79 Å². The number of hydrogen-bond acceptors (Lipinski definition) is 5. The minimum absolute atomic E-state index is 0.177. The van der Waals surface area contributed by atoms with Gasteiger partial charge < -0.3 is 5.32 Å². The molecule has 3 aromatic carbocycles. The first-order chi connectivity index (χ1) is 13.3. The first kappa shape index (κ1) is 15.7. The Balaban J connectivity index is 1.48. The van der Waals surface area contributed by atoms with Crippen LogP contribution in [0.15, 0.2) is 77.6 Å². The van der Waals surface area contributed by atoms with Gasteiger partial charge in [0, 0.05) is 16.6 Å². The molecule has 2 aromatic heterocycles. The molecule has 0 unspecified atom stereocenters. The van der Waals surface area contributed by atoms with Crippen LogP contribution in [0.5, 0.6) is 0 Å².